The van der Waals surface area contributed by atoms with Crippen LogP contribution in [0.5, 0.6) is 0 Å². The summed E-state index contributed by atoms with van der Waals surface area (Å²) >= 11 is 0. The van der Waals surface area contributed by atoms with Gasteiger partial charge in [-0.15, -0.1) is 0 Å². The number of piperidine rings is 1. The molecule has 0 spiro atoms. The lowest BCUT2D eigenvalue weighted by molar-refractivity contribution is -0.137. The second-order valence-electron chi connectivity index (χ2n) is 5.12. The van der Waals surface area contributed by atoms with Crippen molar-refractivity contribution in [2.24, 2.45) is 0 Å². The molecule has 0 bridgehead atoms. The first kappa shape index (κ1) is 14.6. The summed E-state index contributed by atoms with van der Waals surface area (Å²) in [6.07, 6.45) is 0.679. The van der Waals surface area contributed by atoms with Gasteiger partial charge in [0.05, 0.1) is 6.33 Å². The maximum atomic E-state index is 13.0. The molecule has 1 aromatic heterocycles. The van der Waals surface area contributed by atoms with Crippen LogP contribution in [0.2, 0.25) is 0 Å². The van der Waals surface area contributed by atoms with Crippen LogP contribution in [0.25, 0.3) is 0 Å². The van der Waals surface area contributed by atoms with E-state index in [1.807, 2.05) is 0 Å². The summed E-state index contributed by atoms with van der Waals surface area (Å²) in [5.74, 6) is -3.01. The van der Waals surface area contributed by atoms with Crippen molar-refractivity contribution >= 4 is 5.91 Å². The molecular weight excluding hydrogens is 268 g/mol. The number of carbonyl (C=O) groups excluding carboxylic acids is 1. The highest BCUT2D eigenvalue weighted by molar-refractivity contribution is 5.76. The summed E-state index contributed by atoms with van der Waals surface area (Å²) in [4.78, 5) is 29.4. The standard InChI is InChI=1S/C13H17F2N3O2/c1-9-10(2)16-8-18(12(9)20)7-11(19)17-5-3-13(14,15)4-6-17/h8H,3-7H2,1-2H3. The van der Waals surface area contributed by atoms with Crippen molar-refractivity contribution in [1.82, 2.24) is 14.5 Å². The van der Waals surface area contributed by atoms with Gasteiger partial charge in [-0.25, -0.2) is 13.8 Å². The summed E-state index contributed by atoms with van der Waals surface area (Å²) in [6, 6.07) is 0. The first-order valence-electron chi connectivity index (χ1n) is 6.48. The fourth-order valence-electron chi connectivity index (χ4n) is 2.12. The largest absolute Gasteiger partial charge is 0.341 e. The fraction of sp³-hybridized carbons (Fsp3) is 0.615. The fourth-order valence-corrected chi connectivity index (χ4v) is 2.12. The predicted octanol–water partition coefficient (Wildman–Crippen LogP) is 1.12. The van der Waals surface area contributed by atoms with Crippen molar-refractivity contribution < 1.29 is 13.6 Å². The second-order valence-corrected chi connectivity index (χ2v) is 5.12. The van der Waals surface area contributed by atoms with Gasteiger partial charge in [-0.2, -0.15) is 0 Å². The molecule has 1 aliphatic rings. The average Bonchev–Trinajstić information content (AvgIpc) is 2.39. The Morgan fingerprint density at radius 2 is 1.95 bits per heavy atom. The number of aryl methyl sites for hydroxylation is 1. The van der Waals surface area contributed by atoms with Crippen molar-refractivity contribution in [2.75, 3.05) is 13.1 Å². The molecule has 5 nitrogen and oxygen atoms in total. The summed E-state index contributed by atoms with van der Waals surface area (Å²) in [5.41, 5.74) is 0.843. The SMILES string of the molecule is Cc1ncn(CC(=O)N2CCC(F)(F)CC2)c(=O)c1C. The molecule has 1 fully saturated rings. The Kier molecular flexibility index (Phi) is 3.87. The number of hydrogen-bond donors (Lipinski definition) is 0. The van der Waals surface area contributed by atoms with Crippen molar-refractivity contribution in [3.63, 3.8) is 0 Å². The van der Waals surface area contributed by atoms with Crippen LogP contribution >= 0.6 is 0 Å². The third kappa shape index (κ3) is 3.02. The Balaban J connectivity index is 2.06. The van der Waals surface area contributed by atoms with Crippen LogP contribution < -0.4 is 5.56 Å². The smallest absolute Gasteiger partial charge is 0.256 e. The van der Waals surface area contributed by atoms with Gasteiger partial charge in [0.2, 0.25) is 5.91 Å². The molecule has 0 radical (unpaired) electrons. The molecule has 110 valence electrons. The van der Waals surface area contributed by atoms with Crippen LogP contribution in [-0.4, -0.2) is 39.4 Å². The maximum absolute atomic E-state index is 13.0. The zero-order valence-corrected chi connectivity index (χ0v) is 11.5. The van der Waals surface area contributed by atoms with E-state index in [1.54, 1.807) is 13.8 Å². The molecule has 20 heavy (non-hydrogen) atoms. The zero-order chi connectivity index (χ0) is 14.9. The molecule has 0 N–H and O–H groups in total. The van der Waals surface area contributed by atoms with Crippen LogP contribution in [0.4, 0.5) is 8.78 Å². The quantitative estimate of drug-likeness (QED) is 0.818. The minimum Gasteiger partial charge on any atom is -0.341 e. The molecule has 1 saturated heterocycles. The molecule has 0 saturated carbocycles. The van der Waals surface area contributed by atoms with E-state index in [1.165, 1.54) is 15.8 Å². The van der Waals surface area contributed by atoms with Crippen molar-refractivity contribution in [3.05, 3.63) is 27.9 Å². The van der Waals surface area contributed by atoms with Crippen molar-refractivity contribution in [2.45, 2.75) is 39.2 Å². The maximum Gasteiger partial charge on any atom is 0.256 e. The molecule has 0 aliphatic carbocycles. The number of halogens is 2. The number of aromatic nitrogens is 2. The van der Waals surface area contributed by atoms with Gasteiger partial charge in [-0.1, -0.05) is 0 Å². The highest BCUT2D eigenvalue weighted by atomic mass is 19.3. The van der Waals surface area contributed by atoms with E-state index < -0.39 is 5.92 Å². The number of rotatable bonds is 2. The van der Waals surface area contributed by atoms with E-state index in [0.29, 0.717) is 11.3 Å². The number of likely N-dealkylation sites (tertiary alicyclic amines) is 1. The van der Waals surface area contributed by atoms with Gasteiger partial charge >= 0.3 is 0 Å². The van der Waals surface area contributed by atoms with Crippen molar-refractivity contribution in [3.8, 4) is 0 Å². The van der Waals surface area contributed by atoms with Gasteiger partial charge in [0, 0.05) is 37.2 Å². The van der Waals surface area contributed by atoms with Crippen molar-refractivity contribution in [1.29, 1.82) is 0 Å². The van der Waals surface area contributed by atoms with Gasteiger partial charge < -0.3 is 4.90 Å². The topological polar surface area (TPSA) is 55.2 Å². The van der Waals surface area contributed by atoms with Crippen LogP contribution in [0.15, 0.2) is 11.1 Å². The van der Waals surface area contributed by atoms with Crippen LogP contribution in [0.1, 0.15) is 24.1 Å². The van der Waals surface area contributed by atoms with Crippen LogP contribution in [-0.2, 0) is 11.3 Å². The Morgan fingerprint density at radius 3 is 2.55 bits per heavy atom. The Hall–Kier alpha value is -1.79. The van der Waals surface area contributed by atoms with Gasteiger partial charge in [-0.3, -0.25) is 14.2 Å². The minimum absolute atomic E-state index is 0.0266. The molecule has 1 amide bonds. The van der Waals surface area contributed by atoms with E-state index >= 15 is 0 Å². The number of nitrogens with zero attached hydrogens (tertiary/aromatic N) is 3. The molecule has 0 atom stereocenters. The molecule has 2 heterocycles. The van der Waals surface area contributed by atoms with Gasteiger partial charge in [-0.05, 0) is 13.8 Å². The predicted molar refractivity (Wildman–Crippen MR) is 68.7 cm³/mol. The Bertz CT molecular complexity index is 573. The highest BCUT2D eigenvalue weighted by Gasteiger charge is 2.35. The normalized spacial score (nSPS) is 18.1. The van der Waals surface area contributed by atoms with Gasteiger partial charge in [0.15, 0.2) is 0 Å². The first-order valence-corrected chi connectivity index (χ1v) is 6.48. The summed E-state index contributed by atoms with van der Waals surface area (Å²) < 4.78 is 27.3. The summed E-state index contributed by atoms with van der Waals surface area (Å²) in [7, 11) is 0. The zero-order valence-electron chi connectivity index (χ0n) is 11.5. The second kappa shape index (κ2) is 5.30. The number of hydrogen-bond acceptors (Lipinski definition) is 3. The van der Waals surface area contributed by atoms with E-state index in [4.69, 9.17) is 0 Å². The van der Waals surface area contributed by atoms with Gasteiger partial charge in [0.25, 0.3) is 11.5 Å². The molecule has 0 unspecified atom stereocenters. The summed E-state index contributed by atoms with van der Waals surface area (Å²) in [6.45, 7) is 3.26. The molecule has 1 aromatic rings. The van der Waals surface area contributed by atoms with E-state index in [-0.39, 0.29) is 43.9 Å². The Morgan fingerprint density at radius 1 is 1.35 bits per heavy atom. The number of carbonyl (C=O) groups is 1. The lowest BCUT2D eigenvalue weighted by Gasteiger charge is -2.31. The first-order chi connectivity index (χ1) is 9.30. The van der Waals surface area contributed by atoms with E-state index in [2.05, 4.69) is 4.98 Å². The third-order valence-corrected chi connectivity index (χ3v) is 3.67. The van der Waals surface area contributed by atoms with E-state index in [9.17, 15) is 18.4 Å². The third-order valence-electron chi connectivity index (χ3n) is 3.67. The van der Waals surface area contributed by atoms with Crippen LogP contribution in [0.3, 0.4) is 0 Å². The molecular formula is C13H17F2N3O2. The Labute approximate surface area is 115 Å². The monoisotopic (exact) mass is 285 g/mol. The summed E-state index contributed by atoms with van der Waals surface area (Å²) in [5, 5.41) is 0. The molecule has 2 rings (SSSR count). The molecule has 0 aromatic carbocycles. The minimum atomic E-state index is -2.68. The number of alkyl halides is 2. The van der Waals surface area contributed by atoms with E-state index in [0.717, 1.165) is 0 Å². The lowest BCUT2D eigenvalue weighted by atomic mass is 10.1. The molecule has 7 heteroatoms. The average molecular weight is 285 g/mol. The van der Waals surface area contributed by atoms with Crippen LogP contribution in [0, 0.1) is 13.8 Å². The number of amides is 1. The van der Waals surface area contributed by atoms with Gasteiger partial charge in [0.1, 0.15) is 6.54 Å². The lowest BCUT2D eigenvalue weighted by Crippen LogP contribution is -2.45. The molecule has 1 aliphatic heterocycles. The highest BCUT2D eigenvalue weighted by Crippen LogP contribution is 2.27.